The third-order valence-corrected chi connectivity index (χ3v) is 5.35. The third-order valence-electron chi connectivity index (χ3n) is 5.02. The standard InChI is InChI=1S/C18H20ClN3O2.ClH/c1-11-16(17(21-24-11)14-4-2-3-5-15(14)19)18(23)22-9-8-12-6-7-13(10-22)20-12;/h2-5,12-13,20H,6-10H2,1H3;1H. The highest BCUT2D eigenvalue weighted by Gasteiger charge is 2.34. The number of aryl methyl sites for hydroxylation is 1. The molecular weight excluding hydrogens is 361 g/mol. The first-order valence-corrected chi connectivity index (χ1v) is 8.78. The molecule has 2 atom stereocenters. The lowest BCUT2D eigenvalue weighted by Crippen LogP contribution is -2.39. The number of rotatable bonds is 2. The number of halogens is 2. The monoisotopic (exact) mass is 381 g/mol. The fourth-order valence-electron chi connectivity index (χ4n) is 3.75. The van der Waals surface area contributed by atoms with E-state index in [2.05, 4.69) is 10.5 Å². The van der Waals surface area contributed by atoms with Gasteiger partial charge in [-0.25, -0.2) is 0 Å². The number of carbonyl (C=O) groups is 1. The predicted molar refractivity (Wildman–Crippen MR) is 99.4 cm³/mol. The Kier molecular flexibility index (Phi) is 5.37. The summed E-state index contributed by atoms with van der Waals surface area (Å²) in [6.07, 6.45) is 3.34. The number of benzene rings is 1. The van der Waals surface area contributed by atoms with E-state index in [-0.39, 0.29) is 18.3 Å². The molecule has 1 aromatic heterocycles. The quantitative estimate of drug-likeness (QED) is 0.861. The van der Waals surface area contributed by atoms with E-state index in [0.717, 1.165) is 31.5 Å². The lowest BCUT2D eigenvalue weighted by molar-refractivity contribution is 0.0747. The van der Waals surface area contributed by atoms with Crippen LogP contribution in [0.5, 0.6) is 0 Å². The van der Waals surface area contributed by atoms with Gasteiger partial charge in [-0.1, -0.05) is 35.0 Å². The highest BCUT2D eigenvalue weighted by molar-refractivity contribution is 6.33. The fourth-order valence-corrected chi connectivity index (χ4v) is 3.97. The molecule has 4 rings (SSSR count). The molecule has 0 aliphatic carbocycles. The van der Waals surface area contributed by atoms with Crippen LogP contribution in [-0.2, 0) is 0 Å². The molecule has 1 aromatic carbocycles. The van der Waals surface area contributed by atoms with Crippen molar-refractivity contribution in [2.75, 3.05) is 13.1 Å². The van der Waals surface area contributed by atoms with Crippen molar-refractivity contribution in [2.24, 2.45) is 0 Å². The summed E-state index contributed by atoms with van der Waals surface area (Å²) in [5.41, 5.74) is 1.79. The minimum atomic E-state index is -0.0157. The van der Waals surface area contributed by atoms with Gasteiger partial charge in [0.05, 0.1) is 5.02 Å². The number of aromatic nitrogens is 1. The second-order valence-electron chi connectivity index (χ2n) is 6.62. The maximum Gasteiger partial charge on any atom is 0.259 e. The van der Waals surface area contributed by atoms with Crippen LogP contribution in [0, 0.1) is 6.92 Å². The molecule has 0 spiro atoms. The van der Waals surface area contributed by atoms with Gasteiger partial charge in [-0.05, 0) is 32.3 Å². The summed E-state index contributed by atoms with van der Waals surface area (Å²) < 4.78 is 5.34. The average molecular weight is 382 g/mol. The summed E-state index contributed by atoms with van der Waals surface area (Å²) in [7, 11) is 0. The molecule has 0 radical (unpaired) electrons. The second kappa shape index (κ2) is 7.36. The van der Waals surface area contributed by atoms with Crippen molar-refractivity contribution in [1.29, 1.82) is 0 Å². The zero-order valence-electron chi connectivity index (χ0n) is 14.0. The molecule has 3 heterocycles. The highest BCUT2D eigenvalue weighted by Crippen LogP contribution is 2.32. The maximum absolute atomic E-state index is 13.2. The number of hydrogen-bond donors (Lipinski definition) is 1. The molecule has 2 unspecified atom stereocenters. The molecule has 25 heavy (non-hydrogen) atoms. The Hall–Kier alpha value is -1.56. The molecule has 134 valence electrons. The normalized spacial score (nSPS) is 22.4. The highest BCUT2D eigenvalue weighted by atomic mass is 35.5. The van der Waals surface area contributed by atoms with E-state index in [0.29, 0.717) is 34.1 Å². The minimum absolute atomic E-state index is 0. The Balaban J connectivity index is 0.00000182. The second-order valence-corrected chi connectivity index (χ2v) is 7.03. The molecule has 2 fully saturated rings. The van der Waals surface area contributed by atoms with Crippen LogP contribution in [0.3, 0.4) is 0 Å². The molecule has 2 bridgehead atoms. The number of amides is 1. The van der Waals surface area contributed by atoms with Crippen molar-refractivity contribution in [1.82, 2.24) is 15.4 Å². The minimum Gasteiger partial charge on any atom is -0.360 e. The van der Waals surface area contributed by atoms with Crippen molar-refractivity contribution in [3.05, 3.63) is 40.6 Å². The Morgan fingerprint density at radius 2 is 2.04 bits per heavy atom. The first-order chi connectivity index (χ1) is 11.6. The van der Waals surface area contributed by atoms with Gasteiger partial charge in [-0.15, -0.1) is 12.4 Å². The molecule has 2 aliphatic heterocycles. The van der Waals surface area contributed by atoms with Crippen LogP contribution >= 0.6 is 24.0 Å². The van der Waals surface area contributed by atoms with E-state index in [9.17, 15) is 4.79 Å². The first-order valence-electron chi connectivity index (χ1n) is 8.40. The molecule has 1 N–H and O–H groups in total. The van der Waals surface area contributed by atoms with Gasteiger partial charge < -0.3 is 14.7 Å². The van der Waals surface area contributed by atoms with Crippen LogP contribution in [0.15, 0.2) is 28.8 Å². The topological polar surface area (TPSA) is 58.4 Å². The Bertz CT molecular complexity index is 777. The zero-order chi connectivity index (χ0) is 16.7. The van der Waals surface area contributed by atoms with Crippen molar-refractivity contribution in [3.63, 3.8) is 0 Å². The number of fused-ring (bicyclic) bond motifs is 2. The van der Waals surface area contributed by atoms with Crippen molar-refractivity contribution in [2.45, 2.75) is 38.3 Å². The van der Waals surface area contributed by atoms with Crippen LogP contribution in [0.25, 0.3) is 11.3 Å². The fraction of sp³-hybridized carbons (Fsp3) is 0.444. The van der Waals surface area contributed by atoms with Gasteiger partial charge in [0.15, 0.2) is 0 Å². The largest absolute Gasteiger partial charge is 0.360 e. The van der Waals surface area contributed by atoms with Crippen LogP contribution in [0.4, 0.5) is 0 Å². The number of nitrogens with one attached hydrogen (secondary N) is 1. The SMILES string of the molecule is Cc1onc(-c2ccccc2Cl)c1C(=O)N1CCC2CCC(C1)N2.Cl. The van der Waals surface area contributed by atoms with E-state index in [4.69, 9.17) is 16.1 Å². The molecule has 7 heteroatoms. The number of nitrogens with zero attached hydrogens (tertiary/aromatic N) is 2. The van der Waals surface area contributed by atoms with Crippen LogP contribution < -0.4 is 5.32 Å². The molecule has 2 saturated heterocycles. The first kappa shape index (κ1) is 18.2. The summed E-state index contributed by atoms with van der Waals surface area (Å²) in [5.74, 6) is 0.523. The average Bonchev–Trinajstić information content (AvgIpc) is 3.09. The molecule has 0 saturated carbocycles. The lowest BCUT2D eigenvalue weighted by Gasteiger charge is -2.24. The summed E-state index contributed by atoms with van der Waals surface area (Å²) in [6.45, 7) is 3.28. The van der Waals surface area contributed by atoms with Gasteiger partial charge in [0.25, 0.3) is 5.91 Å². The summed E-state index contributed by atoms with van der Waals surface area (Å²) in [4.78, 5) is 15.1. The van der Waals surface area contributed by atoms with Crippen molar-refractivity contribution >= 4 is 29.9 Å². The predicted octanol–water partition coefficient (Wildman–Crippen LogP) is 3.69. The lowest BCUT2D eigenvalue weighted by atomic mass is 10.0. The number of likely N-dealkylation sites (tertiary alicyclic amines) is 1. The summed E-state index contributed by atoms with van der Waals surface area (Å²) in [6, 6.07) is 8.34. The molecule has 2 aliphatic rings. The van der Waals surface area contributed by atoms with E-state index in [1.807, 2.05) is 23.1 Å². The number of carbonyl (C=O) groups excluding carboxylic acids is 1. The molecular formula is C18H21Cl2N3O2. The molecule has 2 aromatic rings. The van der Waals surface area contributed by atoms with Crippen LogP contribution in [0.1, 0.15) is 35.4 Å². The number of hydrogen-bond acceptors (Lipinski definition) is 4. The zero-order valence-corrected chi connectivity index (χ0v) is 15.6. The Morgan fingerprint density at radius 3 is 2.84 bits per heavy atom. The van der Waals surface area contributed by atoms with Crippen LogP contribution in [-0.4, -0.2) is 41.1 Å². The van der Waals surface area contributed by atoms with E-state index in [1.165, 1.54) is 6.42 Å². The summed E-state index contributed by atoms with van der Waals surface area (Å²) >= 11 is 6.29. The molecule has 5 nitrogen and oxygen atoms in total. The van der Waals surface area contributed by atoms with E-state index in [1.54, 1.807) is 13.0 Å². The van der Waals surface area contributed by atoms with Crippen molar-refractivity contribution < 1.29 is 9.32 Å². The smallest absolute Gasteiger partial charge is 0.259 e. The van der Waals surface area contributed by atoms with Gasteiger partial charge in [-0.3, -0.25) is 4.79 Å². The van der Waals surface area contributed by atoms with Gasteiger partial charge in [0.2, 0.25) is 0 Å². The van der Waals surface area contributed by atoms with Gasteiger partial charge >= 0.3 is 0 Å². The molecule has 1 amide bonds. The summed E-state index contributed by atoms with van der Waals surface area (Å²) in [5, 5.41) is 8.28. The maximum atomic E-state index is 13.2. The Labute approximate surface area is 158 Å². The van der Waals surface area contributed by atoms with Gasteiger partial charge in [0, 0.05) is 30.7 Å². The van der Waals surface area contributed by atoms with E-state index < -0.39 is 0 Å². The third kappa shape index (κ3) is 3.41. The Morgan fingerprint density at radius 1 is 1.28 bits per heavy atom. The van der Waals surface area contributed by atoms with Crippen molar-refractivity contribution in [3.8, 4) is 11.3 Å². The van der Waals surface area contributed by atoms with Gasteiger partial charge in [0.1, 0.15) is 17.0 Å². The van der Waals surface area contributed by atoms with Crippen LogP contribution in [0.2, 0.25) is 5.02 Å². The van der Waals surface area contributed by atoms with Gasteiger partial charge in [-0.2, -0.15) is 0 Å². The van der Waals surface area contributed by atoms with E-state index >= 15 is 0 Å².